The Bertz CT molecular complexity index is 969. The molecule has 0 radical (unpaired) electrons. The van der Waals surface area contributed by atoms with E-state index >= 15 is 0 Å². The summed E-state index contributed by atoms with van der Waals surface area (Å²) in [6.45, 7) is 1.75. The molecule has 10 nitrogen and oxygen atoms in total. The Kier molecular flexibility index (Phi) is 7.18. The van der Waals surface area contributed by atoms with E-state index in [4.69, 9.17) is 11.5 Å². The average Bonchev–Trinajstić information content (AvgIpc) is 3.33. The maximum absolute atomic E-state index is 13.2. The number of aliphatic hydroxyl groups excluding tert-OH is 1. The number of ketones is 1. The van der Waals surface area contributed by atoms with Gasteiger partial charge in [-0.1, -0.05) is 12.1 Å². The Morgan fingerprint density at radius 1 is 1.35 bits per heavy atom. The summed E-state index contributed by atoms with van der Waals surface area (Å²) in [5.41, 5.74) is 11.4. The molecule has 1 aliphatic heterocycles. The fourth-order valence-corrected chi connectivity index (χ4v) is 4.54. The number of fused-ring (bicyclic) bond motifs is 1. The molecule has 1 aliphatic rings. The minimum absolute atomic E-state index is 0.0462. The van der Waals surface area contributed by atoms with E-state index in [0.29, 0.717) is 29.9 Å². The molecule has 31 heavy (non-hydrogen) atoms. The molecule has 2 heterocycles. The van der Waals surface area contributed by atoms with Crippen LogP contribution in [0.15, 0.2) is 29.3 Å². The predicted octanol–water partition coefficient (Wildman–Crippen LogP) is -0.000900. The minimum atomic E-state index is -0.853. The van der Waals surface area contributed by atoms with Crippen molar-refractivity contribution in [3.63, 3.8) is 0 Å². The Hall–Kier alpha value is -3.05. The Morgan fingerprint density at radius 2 is 2.10 bits per heavy atom. The second kappa shape index (κ2) is 9.84. The Labute approximate surface area is 183 Å². The number of nitrogens with zero attached hydrogens (tertiary/aromatic N) is 3. The molecule has 11 heteroatoms. The highest BCUT2D eigenvalue weighted by molar-refractivity contribution is 7.20. The van der Waals surface area contributed by atoms with Crippen molar-refractivity contribution >= 4 is 45.1 Å². The highest BCUT2D eigenvalue weighted by Crippen LogP contribution is 2.24. The molecule has 1 aromatic carbocycles. The third-order valence-electron chi connectivity index (χ3n) is 5.07. The number of aliphatic imine (C=N–C) groups is 1. The number of β-amino-alcohol motifs (C(OH)–C–C–N with tert-alkyl or cyclic N) is 1. The van der Waals surface area contributed by atoms with Crippen LogP contribution in [-0.4, -0.2) is 69.8 Å². The van der Waals surface area contributed by atoms with E-state index in [9.17, 15) is 19.5 Å². The van der Waals surface area contributed by atoms with Gasteiger partial charge in [0.15, 0.2) is 11.0 Å². The molecule has 3 atom stereocenters. The summed E-state index contributed by atoms with van der Waals surface area (Å²) in [5.74, 6) is -1.14. The number of hydrogen-bond donors (Lipinski definition) is 4. The number of aromatic nitrogens is 1. The quantitative estimate of drug-likeness (QED) is 0.192. The first kappa shape index (κ1) is 22.6. The molecule has 1 aromatic heterocycles. The number of rotatable bonds is 8. The lowest BCUT2D eigenvalue weighted by molar-refractivity contribution is -0.137. The molecular formula is C20H26N6O4S. The number of carbonyl (C=O) groups excluding carboxylic acids is 3. The molecule has 0 spiro atoms. The van der Waals surface area contributed by atoms with Crippen molar-refractivity contribution in [2.75, 3.05) is 13.1 Å². The molecule has 166 valence electrons. The van der Waals surface area contributed by atoms with Crippen LogP contribution in [0.2, 0.25) is 0 Å². The van der Waals surface area contributed by atoms with Crippen molar-refractivity contribution in [1.82, 2.24) is 15.2 Å². The molecule has 6 N–H and O–H groups in total. The van der Waals surface area contributed by atoms with Gasteiger partial charge in [-0.15, -0.1) is 11.3 Å². The van der Waals surface area contributed by atoms with Crippen molar-refractivity contribution in [2.45, 2.75) is 44.4 Å². The number of carbonyl (C=O) groups is 3. The fourth-order valence-electron chi connectivity index (χ4n) is 3.58. The number of thiazole rings is 1. The summed E-state index contributed by atoms with van der Waals surface area (Å²) in [4.78, 5) is 47.6. The SMILES string of the molecule is CC(=O)N1C[C@H](O)C[C@H]1C(=O)NC(CCCN=C(N)N)C(=O)c1nc2ccccc2s1. The number of benzene rings is 1. The van der Waals surface area contributed by atoms with E-state index in [1.54, 1.807) is 0 Å². The monoisotopic (exact) mass is 446 g/mol. The average molecular weight is 447 g/mol. The van der Waals surface area contributed by atoms with Gasteiger partial charge in [-0.25, -0.2) is 4.98 Å². The zero-order valence-corrected chi connectivity index (χ0v) is 18.0. The highest BCUT2D eigenvalue weighted by Gasteiger charge is 2.39. The maximum atomic E-state index is 13.2. The van der Waals surface area contributed by atoms with E-state index in [2.05, 4.69) is 15.3 Å². The van der Waals surface area contributed by atoms with Crippen LogP contribution >= 0.6 is 11.3 Å². The van der Waals surface area contributed by atoms with E-state index in [0.717, 1.165) is 4.70 Å². The first-order valence-electron chi connectivity index (χ1n) is 9.97. The Morgan fingerprint density at radius 3 is 2.77 bits per heavy atom. The fraction of sp³-hybridized carbons (Fsp3) is 0.450. The molecule has 1 fully saturated rings. The van der Waals surface area contributed by atoms with Crippen molar-refractivity contribution < 1.29 is 19.5 Å². The summed E-state index contributed by atoms with van der Waals surface area (Å²) in [7, 11) is 0. The van der Waals surface area contributed by atoms with Crippen LogP contribution in [0.4, 0.5) is 0 Å². The largest absolute Gasteiger partial charge is 0.391 e. The van der Waals surface area contributed by atoms with Gasteiger partial charge in [-0.2, -0.15) is 0 Å². The predicted molar refractivity (Wildman–Crippen MR) is 118 cm³/mol. The van der Waals surface area contributed by atoms with Gasteiger partial charge in [0, 0.05) is 26.4 Å². The molecule has 0 bridgehead atoms. The maximum Gasteiger partial charge on any atom is 0.243 e. The van der Waals surface area contributed by atoms with Crippen LogP contribution in [0, 0.1) is 0 Å². The topological polar surface area (TPSA) is 164 Å². The second-order valence-electron chi connectivity index (χ2n) is 7.44. The molecular weight excluding hydrogens is 420 g/mol. The van der Waals surface area contributed by atoms with E-state index < -0.39 is 24.1 Å². The number of para-hydroxylation sites is 1. The van der Waals surface area contributed by atoms with Gasteiger partial charge in [0.1, 0.15) is 6.04 Å². The first-order valence-corrected chi connectivity index (χ1v) is 10.8. The number of hydrogen-bond acceptors (Lipinski definition) is 7. The van der Waals surface area contributed by atoms with Gasteiger partial charge in [0.05, 0.1) is 22.4 Å². The summed E-state index contributed by atoms with van der Waals surface area (Å²) < 4.78 is 0.873. The number of nitrogens with one attached hydrogen (secondary N) is 1. The van der Waals surface area contributed by atoms with Gasteiger partial charge >= 0.3 is 0 Å². The number of amides is 2. The van der Waals surface area contributed by atoms with E-state index in [1.165, 1.54) is 23.2 Å². The lowest BCUT2D eigenvalue weighted by Crippen LogP contribution is -2.50. The molecule has 1 unspecified atom stereocenters. The van der Waals surface area contributed by atoms with Crippen molar-refractivity contribution in [1.29, 1.82) is 0 Å². The zero-order chi connectivity index (χ0) is 22.5. The van der Waals surface area contributed by atoms with E-state index in [1.807, 2.05) is 24.3 Å². The van der Waals surface area contributed by atoms with E-state index in [-0.39, 0.29) is 30.6 Å². The summed E-state index contributed by atoms with van der Waals surface area (Å²) in [6, 6.07) is 5.72. The molecule has 3 rings (SSSR count). The minimum Gasteiger partial charge on any atom is -0.391 e. The molecule has 2 amide bonds. The number of likely N-dealkylation sites (tertiary alicyclic amines) is 1. The lowest BCUT2D eigenvalue weighted by Gasteiger charge is -2.24. The zero-order valence-electron chi connectivity index (χ0n) is 17.2. The van der Waals surface area contributed by atoms with Gasteiger partial charge in [-0.05, 0) is 25.0 Å². The third kappa shape index (κ3) is 5.56. The summed E-state index contributed by atoms with van der Waals surface area (Å²) in [6.07, 6.45) is 0.108. The van der Waals surface area contributed by atoms with Crippen LogP contribution in [0.5, 0.6) is 0 Å². The van der Waals surface area contributed by atoms with Gasteiger partial charge in [0.2, 0.25) is 17.6 Å². The van der Waals surface area contributed by atoms with Crippen LogP contribution in [0.3, 0.4) is 0 Å². The molecule has 0 aliphatic carbocycles. The van der Waals surface area contributed by atoms with Gasteiger partial charge in [-0.3, -0.25) is 19.4 Å². The molecule has 1 saturated heterocycles. The number of nitrogens with two attached hydrogens (primary N) is 2. The second-order valence-corrected chi connectivity index (χ2v) is 8.47. The third-order valence-corrected chi connectivity index (χ3v) is 6.12. The Balaban J connectivity index is 1.78. The van der Waals surface area contributed by atoms with Crippen LogP contribution < -0.4 is 16.8 Å². The summed E-state index contributed by atoms with van der Waals surface area (Å²) >= 11 is 1.26. The van der Waals surface area contributed by atoms with Crippen molar-refractivity contribution in [3.05, 3.63) is 29.3 Å². The lowest BCUT2D eigenvalue weighted by atomic mass is 10.1. The number of guanidine groups is 1. The molecule has 2 aromatic rings. The van der Waals surface area contributed by atoms with Crippen molar-refractivity contribution in [3.8, 4) is 0 Å². The standard InChI is InChI=1S/C20H26N6O4S/c1-11(27)26-10-12(28)9-15(26)18(30)24-14(6-4-8-23-20(21)22)17(29)19-25-13-5-2-3-7-16(13)31-19/h2-3,5,7,12,14-15,28H,4,6,8-10H2,1H3,(H,24,30)(H4,21,22,23)/t12-,14?,15+/m1/s1. The van der Waals surface area contributed by atoms with Crippen molar-refractivity contribution in [2.24, 2.45) is 16.5 Å². The van der Waals surface area contributed by atoms with Crippen LogP contribution in [-0.2, 0) is 9.59 Å². The van der Waals surface area contributed by atoms with Gasteiger partial charge in [0.25, 0.3) is 0 Å². The summed E-state index contributed by atoms with van der Waals surface area (Å²) in [5, 5.41) is 13.0. The molecule has 0 saturated carbocycles. The normalized spacial score (nSPS) is 19.2. The van der Waals surface area contributed by atoms with Gasteiger partial charge < -0.3 is 26.8 Å². The highest BCUT2D eigenvalue weighted by atomic mass is 32.1. The van der Waals surface area contributed by atoms with Crippen LogP contribution in [0.1, 0.15) is 36.0 Å². The van der Waals surface area contributed by atoms with Crippen LogP contribution in [0.25, 0.3) is 10.2 Å². The number of Topliss-reactive ketones (excluding diaryl/α,β-unsaturated/α-hetero) is 1. The number of aliphatic hydroxyl groups is 1. The first-order chi connectivity index (χ1) is 14.8. The smallest absolute Gasteiger partial charge is 0.243 e.